The molecule has 0 unspecified atom stereocenters. The highest BCUT2D eigenvalue weighted by molar-refractivity contribution is 7.79. The third-order valence-corrected chi connectivity index (χ3v) is 7.27. The summed E-state index contributed by atoms with van der Waals surface area (Å²) in [6.45, 7) is 0. The van der Waals surface area contributed by atoms with Crippen LogP contribution in [0.4, 0.5) is 8.78 Å². The summed E-state index contributed by atoms with van der Waals surface area (Å²) in [7, 11) is -1.10. The number of hydrogen-bond donors (Lipinski definition) is 0. The number of rotatable bonds is 4. The molecule has 0 N–H and O–H groups in total. The van der Waals surface area contributed by atoms with Gasteiger partial charge in [0.25, 0.3) is 0 Å². The molecule has 1 aromatic heterocycles. The van der Waals surface area contributed by atoms with Crippen LogP contribution in [0.3, 0.4) is 0 Å². The summed E-state index contributed by atoms with van der Waals surface area (Å²) >= 11 is 0. The number of hydrogen-bond acceptors (Lipinski definition) is 1. The van der Waals surface area contributed by atoms with Crippen LogP contribution in [-0.2, 0) is 0 Å². The second kappa shape index (κ2) is 7.81. The number of aromatic nitrogens is 2. The number of fused-ring (bicyclic) bond motifs is 1. The maximum Gasteiger partial charge on any atom is 0.182 e. The van der Waals surface area contributed by atoms with Crippen LogP contribution >= 0.6 is 7.92 Å². The molecule has 5 aromatic rings. The molecule has 30 heavy (non-hydrogen) atoms. The van der Waals surface area contributed by atoms with Crippen LogP contribution in [0, 0.1) is 11.6 Å². The first kappa shape index (κ1) is 18.7. The molecule has 0 saturated carbocycles. The third-order valence-electron chi connectivity index (χ3n) is 4.94. The minimum atomic E-state index is -1.10. The van der Waals surface area contributed by atoms with E-state index in [1.54, 1.807) is 10.6 Å². The van der Waals surface area contributed by atoms with Crippen LogP contribution < -0.4 is 16.2 Å². The molecule has 1 heterocycles. The van der Waals surface area contributed by atoms with Crippen LogP contribution in [-0.4, -0.2) is 9.55 Å². The molecule has 2 nitrogen and oxygen atoms in total. The molecule has 0 saturated heterocycles. The lowest BCUT2D eigenvalue weighted by Crippen LogP contribution is -2.27. The molecule has 0 amide bonds. The van der Waals surface area contributed by atoms with Gasteiger partial charge < -0.3 is 0 Å². The lowest BCUT2D eigenvalue weighted by molar-refractivity contribution is 0.505. The van der Waals surface area contributed by atoms with Crippen molar-refractivity contribution in [2.24, 2.45) is 0 Å². The fraction of sp³-hybridized carbons (Fsp3) is 0. The molecule has 146 valence electrons. The highest BCUT2D eigenvalue weighted by atomic mass is 31.1. The molecule has 0 spiro atoms. The number of imidazole rings is 1. The Kier molecular flexibility index (Phi) is 4.86. The van der Waals surface area contributed by atoms with Crippen molar-refractivity contribution < 1.29 is 8.78 Å². The van der Waals surface area contributed by atoms with E-state index in [0.717, 1.165) is 27.7 Å². The molecule has 5 heteroatoms. The normalized spacial score (nSPS) is 11.3. The summed E-state index contributed by atoms with van der Waals surface area (Å²) < 4.78 is 30.8. The monoisotopic (exact) mass is 414 g/mol. The van der Waals surface area contributed by atoms with Gasteiger partial charge in [-0.05, 0) is 34.9 Å². The van der Waals surface area contributed by atoms with E-state index >= 15 is 0 Å². The van der Waals surface area contributed by atoms with Crippen LogP contribution in [0.2, 0.25) is 0 Å². The molecular formula is C25H17F2N2P. The Morgan fingerprint density at radius 3 is 1.90 bits per heavy atom. The van der Waals surface area contributed by atoms with E-state index in [2.05, 4.69) is 24.3 Å². The fourth-order valence-corrected chi connectivity index (χ4v) is 5.92. The summed E-state index contributed by atoms with van der Waals surface area (Å²) in [5.41, 5.74) is 2.36. The van der Waals surface area contributed by atoms with Gasteiger partial charge in [0, 0.05) is 7.92 Å². The largest absolute Gasteiger partial charge is 0.289 e. The van der Waals surface area contributed by atoms with Crippen molar-refractivity contribution in [3.63, 3.8) is 0 Å². The number of benzene rings is 4. The minimum Gasteiger partial charge on any atom is -0.289 e. The van der Waals surface area contributed by atoms with Crippen molar-refractivity contribution in [3.8, 4) is 5.69 Å². The van der Waals surface area contributed by atoms with Gasteiger partial charge in [0.15, 0.2) is 11.6 Å². The van der Waals surface area contributed by atoms with Gasteiger partial charge in [-0.2, -0.15) is 0 Å². The highest BCUT2D eigenvalue weighted by Gasteiger charge is 2.26. The van der Waals surface area contributed by atoms with Crippen molar-refractivity contribution in [1.82, 2.24) is 9.55 Å². The molecular weight excluding hydrogens is 397 g/mol. The predicted octanol–water partition coefficient (Wildman–Crippen LogP) is 5.06. The summed E-state index contributed by atoms with van der Waals surface area (Å²) in [5.74, 6) is -1.75. The van der Waals surface area contributed by atoms with Gasteiger partial charge in [-0.1, -0.05) is 78.9 Å². The summed E-state index contributed by atoms with van der Waals surface area (Å²) in [6, 6.07) is 32.0. The fourth-order valence-electron chi connectivity index (χ4n) is 3.60. The average Bonchev–Trinajstić information content (AvgIpc) is 3.16. The second-order valence-electron chi connectivity index (χ2n) is 6.82. The molecule has 0 bridgehead atoms. The molecule has 0 radical (unpaired) electrons. The first-order valence-corrected chi connectivity index (χ1v) is 10.9. The summed E-state index contributed by atoms with van der Waals surface area (Å²) in [5, 5.41) is 2.18. The summed E-state index contributed by atoms with van der Waals surface area (Å²) in [4.78, 5) is 4.92. The quantitative estimate of drug-likeness (QED) is 0.376. The van der Waals surface area contributed by atoms with Crippen molar-refractivity contribution in [2.75, 3.05) is 0 Å². The number of para-hydroxylation sites is 2. The Hall–Kier alpha value is -3.36. The Balaban J connectivity index is 1.86. The maximum absolute atomic E-state index is 14.9. The zero-order chi connectivity index (χ0) is 20.5. The van der Waals surface area contributed by atoms with Crippen molar-refractivity contribution >= 4 is 35.1 Å². The Bertz CT molecular complexity index is 1280. The molecule has 0 fully saturated rings. The van der Waals surface area contributed by atoms with Gasteiger partial charge in [-0.15, -0.1) is 0 Å². The second-order valence-corrected chi connectivity index (χ2v) is 8.92. The van der Waals surface area contributed by atoms with Crippen molar-refractivity contribution in [3.05, 3.63) is 115 Å². The SMILES string of the molecule is Fc1cccc(-n2c(P(c3ccccc3)c3ccccc3)nc3ccccc32)c1F. The van der Waals surface area contributed by atoms with Crippen molar-refractivity contribution in [1.29, 1.82) is 0 Å². The molecule has 0 atom stereocenters. The first-order chi connectivity index (χ1) is 14.7. The van der Waals surface area contributed by atoms with E-state index in [0.29, 0.717) is 5.57 Å². The van der Waals surface area contributed by atoms with Crippen LogP contribution in [0.25, 0.3) is 16.7 Å². The van der Waals surface area contributed by atoms with Gasteiger partial charge in [-0.3, -0.25) is 4.57 Å². The number of nitrogens with zero attached hydrogens (tertiary/aromatic N) is 2. The molecule has 0 aliphatic carbocycles. The third kappa shape index (κ3) is 3.20. The lowest BCUT2D eigenvalue weighted by atomic mass is 10.2. The smallest absolute Gasteiger partial charge is 0.182 e. The van der Waals surface area contributed by atoms with Gasteiger partial charge in [-0.25, -0.2) is 13.8 Å². The molecule has 0 aliphatic heterocycles. The number of halogens is 2. The Labute approximate surface area is 174 Å². The zero-order valence-corrected chi connectivity index (χ0v) is 16.8. The van der Waals surface area contributed by atoms with Gasteiger partial charge in [0.1, 0.15) is 5.57 Å². The van der Waals surface area contributed by atoms with Crippen molar-refractivity contribution in [2.45, 2.75) is 0 Å². The molecule has 5 rings (SSSR count). The maximum atomic E-state index is 14.9. The lowest BCUT2D eigenvalue weighted by Gasteiger charge is -2.20. The van der Waals surface area contributed by atoms with E-state index in [9.17, 15) is 8.78 Å². The van der Waals surface area contributed by atoms with E-state index in [1.165, 1.54) is 6.07 Å². The van der Waals surface area contributed by atoms with E-state index < -0.39 is 19.6 Å². The van der Waals surface area contributed by atoms with E-state index in [4.69, 9.17) is 4.98 Å². The van der Waals surface area contributed by atoms with Gasteiger partial charge in [0.2, 0.25) is 0 Å². The van der Waals surface area contributed by atoms with Crippen LogP contribution in [0.1, 0.15) is 0 Å². The Morgan fingerprint density at radius 1 is 0.633 bits per heavy atom. The average molecular weight is 414 g/mol. The van der Waals surface area contributed by atoms with E-state index in [1.807, 2.05) is 60.7 Å². The van der Waals surface area contributed by atoms with E-state index in [-0.39, 0.29) is 5.69 Å². The van der Waals surface area contributed by atoms with Gasteiger partial charge >= 0.3 is 0 Å². The first-order valence-electron chi connectivity index (χ1n) is 9.56. The predicted molar refractivity (Wildman–Crippen MR) is 120 cm³/mol. The minimum absolute atomic E-state index is 0.165. The van der Waals surface area contributed by atoms with Crippen LogP contribution in [0.15, 0.2) is 103 Å². The molecule has 0 aliphatic rings. The van der Waals surface area contributed by atoms with Gasteiger partial charge in [0.05, 0.1) is 16.7 Å². The standard InChI is InChI=1S/C25H17F2N2P/c26-20-14-9-17-23(24(20)27)29-22-16-8-7-15-21(22)28-25(29)30(18-10-3-1-4-11-18)19-12-5-2-6-13-19/h1-17H. The van der Waals surface area contributed by atoms with Crippen LogP contribution in [0.5, 0.6) is 0 Å². The molecule has 4 aromatic carbocycles. The zero-order valence-electron chi connectivity index (χ0n) is 15.9. The summed E-state index contributed by atoms with van der Waals surface area (Å²) in [6.07, 6.45) is 0. The topological polar surface area (TPSA) is 17.8 Å². The Morgan fingerprint density at radius 2 is 1.23 bits per heavy atom. The highest BCUT2D eigenvalue weighted by Crippen LogP contribution is 2.35.